The normalized spacial score (nSPS) is 19.8. The zero-order valence-corrected chi connectivity index (χ0v) is 17.8. The molecule has 0 spiro atoms. The van der Waals surface area contributed by atoms with E-state index in [9.17, 15) is 9.59 Å². The molecule has 0 aromatic carbocycles. The van der Waals surface area contributed by atoms with E-state index < -0.39 is 0 Å². The molecule has 1 saturated heterocycles. The van der Waals surface area contributed by atoms with Crippen LogP contribution in [-0.2, 0) is 19.1 Å². The zero-order valence-electron chi connectivity index (χ0n) is 17.8. The third kappa shape index (κ3) is 8.91. The summed E-state index contributed by atoms with van der Waals surface area (Å²) in [6.45, 7) is 5.76. The van der Waals surface area contributed by atoms with Gasteiger partial charge in [0.2, 0.25) is 11.8 Å². The van der Waals surface area contributed by atoms with E-state index in [1.165, 1.54) is 32.1 Å². The van der Waals surface area contributed by atoms with E-state index in [0.717, 1.165) is 38.7 Å². The topological polar surface area (TPSA) is 67.9 Å². The number of piperidine rings is 1. The highest BCUT2D eigenvalue weighted by Gasteiger charge is 2.28. The van der Waals surface area contributed by atoms with Crippen LogP contribution in [0.3, 0.4) is 0 Å². The first kappa shape index (κ1) is 23.1. The molecule has 6 nitrogen and oxygen atoms in total. The second-order valence-corrected chi connectivity index (χ2v) is 8.18. The first-order valence-corrected chi connectivity index (χ1v) is 11.4. The lowest BCUT2D eigenvalue weighted by molar-refractivity contribution is -0.136. The summed E-state index contributed by atoms with van der Waals surface area (Å²) >= 11 is 0. The van der Waals surface area contributed by atoms with E-state index in [1.807, 2.05) is 4.90 Å². The van der Waals surface area contributed by atoms with Crippen LogP contribution < -0.4 is 5.32 Å². The quantitative estimate of drug-likeness (QED) is 0.576. The molecule has 162 valence electrons. The van der Waals surface area contributed by atoms with Gasteiger partial charge in [-0.25, -0.2) is 0 Å². The van der Waals surface area contributed by atoms with E-state index >= 15 is 0 Å². The lowest BCUT2D eigenvalue weighted by Gasteiger charge is -2.32. The number of hydrogen-bond donors (Lipinski definition) is 1. The Bertz CT molecular complexity index is 442. The van der Waals surface area contributed by atoms with Gasteiger partial charge in [-0.15, -0.1) is 0 Å². The standard InChI is InChI=1S/C22H40N2O4/c1-2-15-27-17-18-28-16-12-21(25)24-13-10-19(11-14-24)22(26)23-20-8-6-4-3-5-7-9-20/h19-20H,2-18H2,1H3,(H,23,26). The Morgan fingerprint density at radius 1 is 0.857 bits per heavy atom. The van der Waals surface area contributed by atoms with Crippen molar-refractivity contribution in [3.63, 3.8) is 0 Å². The number of rotatable bonds is 10. The maximum Gasteiger partial charge on any atom is 0.224 e. The molecule has 2 fully saturated rings. The average molecular weight is 397 g/mol. The molecule has 1 aliphatic carbocycles. The first-order chi connectivity index (χ1) is 13.7. The van der Waals surface area contributed by atoms with E-state index in [1.54, 1.807) is 0 Å². The van der Waals surface area contributed by atoms with Gasteiger partial charge in [-0.3, -0.25) is 9.59 Å². The molecule has 0 radical (unpaired) electrons. The van der Waals surface area contributed by atoms with Crippen LogP contribution >= 0.6 is 0 Å². The van der Waals surface area contributed by atoms with Crippen molar-refractivity contribution in [1.82, 2.24) is 10.2 Å². The van der Waals surface area contributed by atoms with Gasteiger partial charge in [-0.05, 0) is 32.1 Å². The smallest absolute Gasteiger partial charge is 0.224 e. The van der Waals surface area contributed by atoms with Crippen LogP contribution in [0, 0.1) is 5.92 Å². The number of ether oxygens (including phenoxy) is 2. The molecule has 6 heteroatoms. The molecule has 28 heavy (non-hydrogen) atoms. The lowest BCUT2D eigenvalue weighted by Crippen LogP contribution is -2.45. The Labute approximate surface area is 170 Å². The van der Waals surface area contributed by atoms with Crippen molar-refractivity contribution >= 4 is 11.8 Å². The van der Waals surface area contributed by atoms with Crippen LogP contribution in [0.15, 0.2) is 0 Å². The number of hydrogen-bond acceptors (Lipinski definition) is 4. The monoisotopic (exact) mass is 396 g/mol. The number of likely N-dealkylation sites (tertiary alicyclic amines) is 1. The minimum absolute atomic E-state index is 0.0569. The molecular formula is C22H40N2O4. The number of nitrogens with one attached hydrogen (secondary N) is 1. The van der Waals surface area contributed by atoms with E-state index in [2.05, 4.69) is 12.2 Å². The van der Waals surface area contributed by atoms with Gasteiger partial charge in [0.05, 0.1) is 26.2 Å². The van der Waals surface area contributed by atoms with Crippen molar-refractivity contribution < 1.29 is 19.1 Å². The maximum absolute atomic E-state index is 12.6. The average Bonchev–Trinajstić information content (AvgIpc) is 2.69. The van der Waals surface area contributed by atoms with Crippen LogP contribution in [-0.4, -0.2) is 62.3 Å². The molecule has 0 aromatic heterocycles. The highest BCUT2D eigenvalue weighted by molar-refractivity contribution is 5.80. The number of amides is 2. The summed E-state index contributed by atoms with van der Waals surface area (Å²) in [6, 6.07) is 0.353. The molecule has 2 rings (SSSR count). The molecule has 0 aromatic rings. The Morgan fingerprint density at radius 3 is 2.11 bits per heavy atom. The lowest BCUT2D eigenvalue weighted by atomic mass is 9.93. The third-order valence-electron chi connectivity index (χ3n) is 5.85. The Balaban J connectivity index is 1.58. The largest absolute Gasteiger partial charge is 0.379 e. The Morgan fingerprint density at radius 2 is 1.46 bits per heavy atom. The molecule has 1 saturated carbocycles. The fraction of sp³-hybridized carbons (Fsp3) is 0.909. The van der Waals surface area contributed by atoms with Crippen molar-refractivity contribution in [2.45, 2.75) is 83.6 Å². The van der Waals surface area contributed by atoms with Gasteiger partial charge in [0, 0.05) is 31.7 Å². The second kappa shape index (κ2) is 13.9. The van der Waals surface area contributed by atoms with E-state index in [4.69, 9.17) is 9.47 Å². The van der Waals surface area contributed by atoms with Gasteiger partial charge < -0.3 is 19.7 Å². The summed E-state index contributed by atoms with van der Waals surface area (Å²) in [5, 5.41) is 3.29. The van der Waals surface area contributed by atoms with Crippen molar-refractivity contribution in [3.8, 4) is 0 Å². The molecule has 2 aliphatic rings. The summed E-state index contributed by atoms with van der Waals surface area (Å²) < 4.78 is 10.8. The van der Waals surface area contributed by atoms with Crippen LogP contribution in [0.5, 0.6) is 0 Å². The molecule has 0 unspecified atom stereocenters. The van der Waals surface area contributed by atoms with Crippen LogP contribution in [0.1, 0.15) is 77.6 Å². The van der Waals surface area contributed by atoms with Crippen LogP contribution in [0.2, 0.25) is 0 Å². The summed E-state index contributed by atoms with van der Waals surface area (Å²) in [6.07, 6.45) is 11.6. The zero-order chi connectivity index (χ0) is 20.0. The number of nitrogens with zero attached hydrogens (tertiary/aromatic N) is 1. The third-order valence-corrected chi connectivity index (χ3v) is 5.85. The van der Waals surface area contributed by atoms with Gasteiger partial charge in [-0.2, -0.15) is 0 Å². The van der Waals surface area contributed by atoms with Crippen molar-refractivity contribution in [2.75, 3.05) is 39.5 Å². The van der Waals surface area contributed by atoms with Gasteiger partial charge >= 0.3 is 0 Å². The van der Waals surface area contributed by atoms with E-state index in [-0.39, 0.29) is 17.7 Å². The van der Waals surface area contributed by atoms with Gasteiger partial charge in [-0.1, -0.05) is 39.0 Å². The molecule has 2 amide bonds. The number of carbonyl (C=O) groups excluding carboxylic acids is 2. The van der Waals surface area contributed by atoms with Crippen LogP contribution in [0.25, 0.3) is 0 Å². The summed E-state index contributed by atoms with van der Waals surface area (Å²) in [4.78, 5) is 26.8. The highest BCUT2D eigenvalue weighted by atomic mass is 16.5. The predicted octanol–water partition coefficient (Wildman–Crippen LogP) is 3.29. The minimum atomic E-state index is 0.0569. The molecular weight excluding hydrogens is 356 g/mol. The van der Waals surface area contributed by atoms with Crippen molar-refractivity contribution in [3.05, 3.63) is 0 Å². The second-order valence-electron chi connectivity index (χ2n) is 8.18. The molecule has 1 N–H and O–H groups in total. The van der Waals surface area contributed by atoms with Gasteiger partial charge in [0.1, 0.15) is 0 Å². The summed E-state index contributed by atoms with van der Waals surface area (Å²) in [7, 11) is 0. The maximum atomic E-state index is 12.6. The van der Waals surface area contributed by atoms with Crippen molar-refractivity contribution in [2.24, 2.45) is 5.92 Å². The summed E-state index contributed by atoms with van der Waals surface area (Å²) in [5.74, 6) is 0.392. The Hall–Kier alpha value is -1.14. The fourth-order valence-electron chi connectivity index (χ4n) is 4.09. The summed E-state index contributed by atoms with van der Waals surface area (Å²) in [5.41, 5.74) is 0. The SMILES string of the molecule is CCCOCCOCCC(=O)N1CCC(C(=O)NC2CCCCCCC2)CC1. The number of carbonyl (C=O) groups is 2. The van der Waals surface area contributed by atoms with Crippen molar-refractivity contribution in [1.29, 1.82) is 0 Å². The first-order valence-electron chi connectivity index (χ1n) is 11.4. The van der Waals surface area contributed by atoms with E-state index in [0.29, 0.717) is 45.4 Å². The molecule has 0 bridgehead atoms. The molecule has 1 aliphatic heterocycles. The highest BCUT2D eigenvalue weighted by Crippen LogP contribution is 2.21. The fourth-order valence-corrected chi connectivity index (χ4v) is 4.09. The minimum Gasteiger partial charge on any atom is -0.379 e. The molecule has 1 heterocycles. The van der Waals surface area contributed by atoms with Crippen LogP contribution in [0.4, 0.5) is 0 Å². The Kier molecular flexibility index (Phi) is 11.5. The van der Waals surface area contributed by atoms with Gasteiger partial charge in [0.15, 0.2) is 0 Å². The van der Waals surface area contributed by atoms with Gasteiger partial charge in [0.25, 0.3) is 0 Å². The predicted molar refractivity (Wildman–Crippen MR) is 110 cm³/mol. The molecule has 0 atom stereocenters.